The zero-order chi connectivity index (χ0) is 17.9. The number of rotatable bonds is 4. The summed E-state index contributed by atoms with van der Waals surface area (Å²) < 4.78 is 23.1. The highest BCUT2D eigenvalue weighted by Gasteiger charge is 2.29. The molecule has 1 unspecified atom stereocenters. The number of nitrogens with two attached hydrogens (primary N) is 1. The van der Waals surface area contributed by atoms with Crippen LogP contribution in [-0.4, -0.2) is 26.3 Å². The molecule has 1 fully saturated rings. The van der Waals surface area contributed by atoms with Crippen LogP contribution in [0.2, 0.25) is 0 Å². The quantitative estimate of drug-likeness (QED) is 0.765. The number of benzene rings is 1. The van der Waals surface area contributed by atoms with Gasteiger partial charge in [-0.25, -0.2) is 13.4 Å². The summed E-state index contributed by atoms with van der Waals surface area (Å²) in [6.45, 7) is 0. The van der Waals surface area contributed by atoms with Crippen molar-refractivity contribution >= 4 is 21.5 Å². The van der Waals surface area contributed by atoms with Crippen molar-refractivity contribution in [1.82, 2.24) is 5.32 Å². The monoisotopic (exact) mass is 362 g/mol. The van der Waals surface area contributed by atoms with Crippen LogP contribution in [0.3, 0.4) is 0 Å². The average Bonchev–Trinajstić information content (AvgIpc) is 2.55. The third-order valence-corrected chi connectivity index (χ3v) is 5.95. The van der Waals surface area contributed by atoms with Gasteiger partial charge in [0.05, 0.1) is 4.90 Å². The summed E-state index contributed by atoms with van der Waals surface area (Å²) in [6, 6.07) is 6.60. The molecule has 1 heterocycles. The highest BCUT2D eigenvalue weighted by molar-refractivity contribution is 7.90. The number of nitrogens with zero attached hydrogens (tertiary/aromatic N) is 1. The second kappa shape index (κ2) is 7.17. The Bertz CT molecular complexity index is 765. The summed E-state index contributed by atoms with van der Waals surface area (Å²) in [5, 5.41) is 6.45. The lowest BCUT2D eigenvalue weighted by Crippen LogP contribution is -2.58. The molecule has 136 valence electrons. The van der Waals surface area contributed by atoms with Crippen LogP contribution in [0.25, 0.3) is 0 Å². The summed E-state index contributed by atoms with van der Waals surface area (Å²) in [4.78, 5) is 4.59. The Balaban J connectivity index is 1.63. The Morgan fingerprint density at radius 1 is 1.24 bits per heavy atom. The van der Waals surface area contributed by atoms with Crippen LogP contribution in [0.1, 0.15) is 38.5 Å². The molecule has 0 radical (unpaired) electrons. The first-order valence-electron chi connectivity index (χ1n) is 8.74. The van der Waals surface area contributed by atoms with Gasteiger partial charge in [-0.3, -0.25) is 0 Å². The topological polar surface area (TPSA) is 96.6 Å². The molecule has 7 heteroatoms. The molecular weight excluding hydrogens is 336 g/mol. The zero-order valence-corrected chi connectivity index (χ0v) is 15.3. The Morgan fingerprint density at radius 2 is 1.92 bits per heavy atom. The van der Waals surface area contributed by atoms with Crippen molar-refractivity contribution in [2.24, 2.45) is 16.6 Å². The molecule has 0 amide bonds. The molecule has 0 spiro atoms. The van der Waals surface area contributed by atoms with E-state index in [1.54, 1.807) is 30.5 Å². The first-order chi connectivity index (χ1) is 11.8. The number of nitrogens with one attached hydrogen (secondary N) is 2. The standard InChI is InChI=1S/C18H26N4O2S/c1-25(23,24)16-9-7-15(8-10-16)21-17-20-12-11-18(19,22-17)13-14-5-3-2-4-6-14/h7-12,14H,2-6,13,19H2,1H3,(H2,20,21,22). The number of hydrogen-bond acceptors (Lipinski definition) is 6. The van der Waals surface area contributed by atoms with Gasteiger partial charge in [-0.1, -0.05) is 32.1 Å². The van der Waals surface area contributed by atoms with E-state index >= 15 is 0 Å². The van der Waals surface area contributed by atoms with Crippen LogP contribution in [-0.2, 0) is 9.84 Å². The largest absolute Gasteiger partial charge is 0.334 e. The average molecular weight is 362 g/mol. The molecule has 1 aliphatic carbocycles. The van der Waals surface area contributed by atoms with Crippen LogP contribution in [0.5, 0.6) is 0 Å². The molecule has 25 heavy (non-hydrogen) atoms. The van der Waals surface area contributed by atoms with E-state index in [0.717, 1.165) is 12.1 Å². The second-order valence-corrected chi connectivity index (χ2v) is 9.10. The molecule has 0 aromatic heterocycles. The Kier molecular flexibility index (Phi) is 5.15. The highest BCUT2D eigenvalue weighted by atomic mass is 32.2. The van der Waals surface area contributed by atoms with Crippen LogP contribution >= 0.6 is 0 Å². The van der Waals surface area contributed by atoms with E-state index in [9.17, 15) is 8.42 Å². The van der Waals surface area contributed by atoms with Gasteiger partial charge in [-0.15, -0.1) is 0 Å². The molecular formula is C18H26N4O2S. The fourth-order valence-electron chi connectivity index (χ4n) is 3.51. The van der Waals surface area contributed by atoms with Crippen molar-refractivity contribution < 1.29 is 8.42 Å². The number of aliphatic imine (C=N–C) groups is 1. The van der Waals surface area contributed by atoms with Gasteiger partial charge in [-0.05, 0) is 42.7 Å². The lowest BCUT2D eigenvalue weighted by Gasteiger charge is -2.35. The second-order valence-electron chi connectivity index (χ2n) is 7.09. The number of guanidine groups is 1. The molecule has 1 aromatic rings. The predicted molar refractivity (Wildman–Crippen MR) is 101 cm³/mol. The van der Waals surface area contributed by atoms with Crippen molar-refractivity contribution in [1.29, 1.82) is 0 Å². The Hall–Kier alpha value is -1.86. The maximum atomic E-state index is 11.5. The summed E-state index contributed by atoms with van der Waals surface area (Å²) >= 11 is 0. The van der Waals surface area contributed by atoms with Crippen LogP contribution in [0.4, 0.5) is 5.69 Å². The predicted octanol–water partition coefficient (Wildman–Crippen LogP) is 2.60. The van der Waals surface area contributed by atoms with Gasteiger partial charge < -0.3 is 16.4 Å². The van der Waals surface area contributed by atoms with Crippen LogP contribution < -0.4 is 16.4 Å². The van der Waals surface area contributed by atoms with E-state index in [0.29, 0.717) is 16.8 Å². The van der Waals surface area contributed by atoms with E-state index in [4.69, 9.17) is 5.73 Å². The molecule has 1 saturated carbocycles. The summed E-state index contributed by atoms with van der Waals surface area (Å²) in [5.74, 6) is 1.22. The first-order valence-corrected chi connectivity index (χ1v) is 10.6. The minimum absolute atomic E-state index is 0.293. The molecule has 2 aliphatic rings. The zero-order valence-electron chi connectivity index (χ0n) is 14.5. The summed E-state index contributed by atoms with van der Waals surface area (Å²) in [6.07, 6.45) is 12.1. The number of anilines is 1. The fourth-order valence-corrected chi connectivity index (χ4v) is 4.14. The third kappa shape index (κ3) is 4.83. The smallest absolute Gasteiger partial charge is 0.202 e. The minimum atomic E-state index is -3.19. The van der Waals surface area contributed by atoms with Gasteiger partial charge in [0.1, 0.15) is 5.66 Å². The van der Waals surface area contributed by atoms with E-state index in [2.05, 4.69) is 15.6 Å². The van der Waals surface area contributed by atoms with E-state index in [-0.39, 0.29) is 0 Å². The van der Waals surface area contributed by atoms with Crippen LogP contribution in [0, 0.1) is 5.92 Å². The van der Waals surface area contributed by atoms with Crippen molar-refractivity contribution in [3.63, 3.8) is 0 Å². The number of sulfone groups is 1. The SMILES string of the molecule is CS(=O)(=O)c1ccc(NC2=NC=CC(N)(CC3CCCCC3)N2)cc1. The van der Waals surface area contributed by atoms with Crippen molar-refractivity contribution in [3.8, 4) is 0 Å². The fraction of sp³-hybridized carbons (Fsp3) is 0.500. The molecule has 0 bridgehead atoms. The number of hydrogen-bond donors (Lipinski definition) is 3. The summed E-state index contributed by atoms with van der Waals surface area (Å²) in [5.41, 5.74) is 6.68. The van der Waals surface area contributed by atoms with Gasteiger partial charge in [0, 0.05) is 18.1 Å². The first kappa shape index (κ1) is 17.9. The van der Waals surface area contributed by atoms with E-state index in [1.807, 2.05) is 6.08 Å². The van der Waals surface area contributed by atoms with Gasteiger partial charge in [-0.2, -0.15) is 0 Å². The maximum Gasteiger partial charge on any atom is 0.202 e. The Labute approximate surface area is 149 Å². The van der Waals surface area contributed by atoms with Crippen molar-refractivity contribution in [2.75, 3.05) is 11.6 Å². The highest BCUT2D eigenvalue weighted by Crippen LogP contribution is 2.30. The van der Waals surface area contributed by atoms with Gasteiger partial charge in [0.25, 0.3) is 0 Å². The lowest BCUT2D eigenvalue weighted by molar-refractivity contribution is 0.276. The normalized spacial score (nSPS) is 24.5. The van der Waals surface area contributed by atoms with Crippen molar-refractivity contribution in [2.45, 2.75) is 49.1 Å². The molecule has 3 rings (SSSR count). The van der Waals surface area contributed by atoms with Gasteiger partial charge in [0.2, 0.25) is 5.96 Å². The molecule has 1 aliphatic heterocycles. The molecule has 4 N–H and O–H groups in total. The maximum absolute atomic E-state index is 11.5. The third-order valence-electron chi connectivity index (χ3n) is 4.82. The molecule has 1 aromatic carbocycles. The van der Waals surface area contributed by atoms with E-state index in [1.165, 1.54) is 38.4 Å². The molecule has 6 nitrogen and oxygen atoms in total. The molecule has 0 saturated heterocycles. The van der Waals surface area contributed by atoms with E-state index < -0.39 is 15.5 Å². The van der Waals surface area contributed by atoms with Gasteiger partial charge >= 0.3 is 0 Å². The minimum Gasteiger partial charge on any atom is -0.334 e. The molecule has 1 atom stereocenters. The van der Waals surface area contributed by atoms with Crippen LogP contribution in [0.15, 0.2) is 46.4 Å². The van der Waals surface area contributed by atoms with Crippen molar-refractivity contribution in [3.05, 3.63) is 36.5 Å². The lowest BCUT2D eigenvalue weighted by atomic mass is 9.82. The Morgan fingerprint density at radius 3 is 2.56 bits per heavy atom. The summed E-state index contributed by atoms with van der Waals surface area (Å²) in [7, 11) is -3.19. The van der Waals surface area contributed by atoms with Gasteiger partial charge in [0.15, 0.2) is 9.84 Å².